The van der Waals surface area contributed by atoms with Crippen molar-refractivity contribution < 1.29 is 17.9 Å². The Morgan fingerprint density at radius 3 is 2.08 bits per heavy atom. The van der Waals surface area contributed by atoms with Gasteiger partial charge in [-0.15, -0.1) is 0 Å². The molecule has 0 saturated heterocycles. The predicted molar refractivity (Wildman–Crippen MR) is 97.0 cm³/mol. The lowest BCUT2D eigenvalue weighted by molar-refractivity contribution is -0.187. The Kier molecular flexibility index (Phi) is 5.18. The molecular formula is C21H16F3OSi. The lowest BCUT2D eigenvalue weighted by Gasteiger charge is -2.19. The first-order chi connectivity index (χ1) is 12.4. The van der Waals surface area contributed by atoms with E-state index in [1.807, 2.05) is 31.2 Å². The van der Waals surface area contributed by atoms with Crippen LogP contribution < -0.4 is 4.74 Å². The van der Waals surface area contributed by atoms with Crippen molar-refractivity contribution in [2.45, 2.75) is 19.1 Å². The van der Waals surface area contributed by atoms with Crippen molar-refractivity contribution in [1.29, 1.82) is 0 Å². The summed E-state index contributed by atoms with van der Waals surface area (Å²) in [4.78, 5) is 0. The maximum Gasteiger partial charge on any atom is 0.429 e. The molecular weight excluding hydrogens is 353 g/mol. The average molecular weight is 369 g/mol. The Morgan fingerprint density at radius 2 is 1.50 bits per heavy atom. The third-order valence-electron chi connectivity index (χ3n) is 4.04. The second kappa shape index (κ2) is 7.38. The fourth-order valence-corrected chi connectivity index (χ4v) is 2.79. The van der Waals surface area contributed by atoms with Crippen LogP contribution in [0.3, 0.4) is 0 Å². The molecule has 1 nitrogen and oxygen atoms in total. The normalized spacial score (nSPS) is 11.4. The van der Waals surface area contributed by atoms with Gasteiger partial charge in [0.25, 0.3) is 0 Å². The first kappa shape index (κ1) is 18.3. The number of ether oxygens (including phenoxy) is 1. The molecule has 26 heavy (non-hydrogen) atoms. The highest BCUT2D eigenvalue weighted by atomic mass is 28.1. The molecule has 3 rings (SSSR count). The third kappa shape index (κ3) is 3.99. The van der Waals surface area contributed by atoms with Gasteiger partial charge in [-0.1, -0.05) is 53.6 Å². The average Bonchev–Trinajstić information content (AvgIpc) is 2.63. The Bertz CT molecular complexity index is 890. The van der Waals surface area contributed by atoms with Gasteiger partial charge >= 0.3 is 6.11 Å². The molecule has 0 aromatic heterocycles. The Balaban J connectivity index is 1.86. The summed E-state index contributed by atoms with van der Waals surface area (Å²) in [6.07, 6.45) is -3.77. The molecule has 0 aliphatic rings. The van der Waals surface area contributed by atoms with Crippen LogP contribution in [0, 0.1) is 12.7 Å². The van der Waals surface area contributed by atoms with Gasteiger partial charge in [0.05, 0.1) is 5.56 Å². The summed E-state index contributed by atoms with van der Waals surface area (Å²) in [5, 5.41) is 0. The first-order valence-corrected chi connectivity index (χ1v) is 8.77. The second-order valence-corrected chi connectivity index (χ2v) is 6.35. The highest BCUT2D eigenvalue weighted by Crippen LogP contribution is 2.35. The SMILES string of the molecule is Cc1ccc(OC(F)(F)c2ccc(-c3ccc(C[Si])cc3)cc2F)cc1. The highest BCUT2D eigenvalue weighted by molar-refractivity contribution is 6.08. The summed E-state index contributed by atoms with van der Waals surface area (Å²) in [6, 6.07) is 17.9. The van der Waals surface area contributed by atoms with Gasteiger partial charge < -0.3 is 4.74 Å². The van der Waals surface area contributed by atoms with Crippen LogP contribution in [-0.2, 0) is 12.2 Å². The number of alkyl halides is 2. The van der Waals surface area contributed by atoms with E-state index < -0.39 is 17.5 Å². The fourth-order valence-electron chi connectivity index (χ4n) is 2.56. The van der Waals surface area contributed by atoms with Gasteiger partial charge in [-0.3, -0.25) is 0 Å². The summed E-state index contributed by atoms with van der Waals surface area (Å²) < 4.78 is 47.8. The molecule has 0 aliphatic heterocycles. The van der Waals surface area contributed by atoms with Crippen LogP contribution in [0.5, 0.6) is 5.75 Å². The van der Waals surface area contributed by atoms with Crippen molar-refractivity contribution in [3.8, 4) is 16.9 Å². The van der Waals surface area contributed by atoms with Gasteiger partial charge in [0.2, 0.25) is 0 Å². The number of benzene rings is 3. The molecule has 0 N–H and O–H groups in total. The molecule has 3 aromatic carbocycles. The van der Waals surface area contributed by atoms with E-state index in [4.69, 9.17) is 4.74 Å². The highest BCUT2D eigenvalue weighted by Gasteiger charge is 2.37. The Morgan fingerprint density at radius 1 is 0.885 bits per heavy atom. The van der Waals surface area contributed by atoms with Crippen LogP contribution in [0.15, 0.2) is 66.7 Å². The monoisotopic (exact) mass is 369 g/mol. The topological polar surface area (TPSA) is 9.23 Å². The van der Waals surface area contributed by atoms with Gasteiger partial charge in [0.15, 0.2) is 0 Å². The molecule has 3 aromatic rings. The maximum absolute atomic E-state index is 14.4. The zero-order chi connectivity index (χ0) is 18.7. The first-order valence-electron chi connectivity index (χ1n) is 8.06. The molecule has 0 fully saturated rings. The molecule has 0 saturated carbocycles. The van der Waals surface area contributed by atoms with Crippen LogP contribution in [0.25, 0.3) is 11.1 Å². The number of hydrogen-bond acceptors (Lipinski definition) is 1. The van der Waals surface area contributed by atoms with Crippen molar-refractivity contribution in [2.24, 2.45) is 0 Å². The fraction of sp³-hybridized carbons (Fsp3) is 0.143. The Labute approximate surface area is 153 Å². The zero-order valence-electron chi connectivity index (χ0n) is 14.1. The Hall–Kier alpha value is -2.53. The van der Waals surface area contributed by atoms with E-state index in [9.17, 15) is 13.2 Å². The van der Waals surface area contributed by atoms with Crippen LogP contribution in [-0.4, -0.2) is 10.2 Å². The van der Waals surface area contributed by atoms with Gasteiger partial charge in [-0.05, 0) is 48.4 Å². The van der Waals surface area contributed by atoms with E-state index in [-0.39, 0.29) is 5.75 Å². The van der Waals surface area contributed by atoms with E-state index in [2.05, 4.69) is 10.2 Å². The summed E-state index contributed by atoms with van der Waals surface area (Å²) in [6.45, 7) is 1.84. The molecule has 131 valence electrons. The van der Waals surface area contributed by atoms with Gasteiger partial charge in [-0.2, -0.15) is 8.78 Å². The summed E-state index contributed by atoms with van der Waals surface area (Å²) in [5.41, 5.74) is 2.47. The molecule has 0 amide bonds. The van der Waals surface area contributed by atoms with Crippen LogP contribution >= 0.6 is 0 Å². The zero-order valence-corrected chi connectivity index (χ0v) is 15.1. The minimum absolute atomic E-state index is 0.0192. The summed E-state index contributed by atoms with van der Waals surface area (Å²) in [5.74, 6) is -1.03. The van der Waals surface area contributed by atoms with E-state index in [0.717, 1.165) is 28.8 Å². The van der Waals surface area contributed by atoms with Gasteiger partial charge in [0.1, 0.15) is 11.6 Å². The molecule has 0 spiro atoms. The smallest absolute Gasteiger partial charge is 0.429 e. The van der Waals surface area contributed by atoms with E-state index >= 15 is 0 Å². The largest absolute Gasteiger partial charge is 0.429 e. The minimum Gasteiger partial charge on any atom is -0.429 e. The van der Waals surface area contributed by atoms with Crippen molar-refractivity contribution in [3.63, 3.8) is 0 Å². The molecule has 0 bridgehead atoms. The van der Waals surface area contributed by atoms with Crippen LogP contribution in [0.4, 0.5) is 13.2 Å². The molecule has 0 heterocycles. The number of halogens is 3. The molecule has 0 aliphatic carbocycles. The lowest BCUT2D eigenvalue weighted by atomic mass is 10.0. The minimum atomic E-state index is -3.77. The van der Waals surface area contributed by atoms with Crippen molar-refractivity contribution in [2.75, 3.05) is 0 Å². The summed E-state index contributed by atoms with van der Waals surface area (Å²) >= 11 is 0. The molecule has 0 atom stereocenters. The van der Waals surface area contributed by atoms with Crippen LogP contribution in [0.1, 0.15) is 16.7 Å². The number of hydrogen-bond donors (Lipinski definition) is 0. The lowest BCUT2D eigenvalue weighted by Crippen LogP contribution is -2.23. The number of aryl methyl sites for hydroxylation is 1. The molecule has 0 unspecified atom stereocenters. The predicted octanol–water partition coefficient (Wildman–Crippen LogP) is 5.60. The summed E-state index contributed by atoms with van der Waals surface area (Å²) in [7, 11) is 3.40. The standard InChI is InChI=1S/C21H16F3OSi/c1-14-2-9-18(10-3-14)25-21(23,24)19-11-8-17(12-20(19)22)16-6-4-15(13-26)5-7-16/h2-12H,13H2,1H3. The van der Waals surface area contributed by atoms with Gasteiger partial charge in [0, 0.05) is 10.2 Å². The van der Waals surface area contributed by atoms with Crippen molar-refractivity contribution in [3.05, 3.63) is 89.2 Å². The van der Waals surface area contributed by atoms with E-state index in [1.54, 1.807) is 12.1 Å². The molecule has 3 radical (unpaired) electrons. The quantitative estimate of drug-likeness (QED) is 0.532. The van der Waals surface area contributed by atoms with E-state index in [1.165, 1.54) is 18.2 Å². The van der Waals surface area contributed by atoms with Crippen molar-refractivity contribution in [1.82, 2.24) is 0 Å². The maximum atomic E-state index is 14.4. The van der Waals surface area contributed by atoms with Crippen molar-refractivity contribution >= 4 is 10.2 Å². The van der Waals surface area contributed by atoms with Crippen LogP contribution in [0.2, 0.25) is 0 Å². The second-order valence-electron chi connectivity index (χ2n) is 6.00. The van der Waals surface area contributed by atoms with Gasteiger partial charge in [-0.25, -0.2) is 4.39 Å². The number of rotatable bonds is 5. The third-order valence-corrected chi connectivity index (χ3v) is 4.45. The van der Waals surface area contributed by atoms with E-state index in [0.29, 0.717) is 11.6 Å². The molecule has 5 heteroatoms.